The molecule has 1 aliphatic heterocycles. The number of hydrogen-bond donors (Lipinski definition) is 3. The van der Waals surface area contributed by atoms with E-state index in [2.05, 4.69) is 31.2 Å². The van der Waals surface area contributed by atoms with Crippen LogP contribution in [0.2, 0.25) is 0 Å². The second kappa shape index (κ2) is 9.34. The summed E-state index contributed by atoms with van der Waals surface area (Å²) in [6.45, 7) is 5.79. The average molecular weight is 434 g/mol. The number of nitrogens with zero attached hydrogens (tertiary/aromatic N) is 4. The van der Waals surface area contributed by atoms with Crippen molar-refractivity contribution in [2.24, 2.45) is 0 Å². The Morgan fingerprint density at radius 3 is 2.52 bits per heavy atom. The lowest BCUT2D eigenvalue weighted by atomic mass is 10.1. The smallest absolute Gasteiger partial charge is 0.278 e. The Labute approximate surface area is 179 Å². The van der Waals surface area contributed by atoms with Crippen molar-refractivity contribution in [1.82, 2.24) is 25.3 Å². The Kier molecular flexibility index (Phi) is 6.83. The van der Waals surface area contributed by atoms with Gasteiger partial charge in [0.15, 0.2) is 10.8 Å². The molecule has 0 aliphatic carbocycles. The zero-order chi connectivity index (χ0) is 19.5. The molecule has 3 aromatic rings. The number of amides is 1. The molecule has 2 aromatic heterocycles. The van der Waals surface area contributed by atoms with Gasteiger partial charge in [-0.1, -0.05) is 5.21 Å². The topological polar surface area (TPSA) is 96.8 Å². The molecule has 154 valence electrons. The van der Waals surface area contributed by atoms with E-state index in [9.17, 15) is 4.79 Å². The Morgan fingerprint density at radius 1 is 1.17 bits per heavy atom. The van der Waals surface area contributed by atoms with Crippen LogP contribution in [0.5, 0.6) is 0 Å². The number of benzene rings is 1. The monoisotopic (exact) mass is 433 g/mol. The standard InChI is InChI=1S/C19H23N7OS.ClH/c1-12-11-28-19(21-12)23-15-5-3-14(4-6-15)22-18(27)17-13(2)26(25-24-17)16-7-9-20-10-8-16;/h3-6,11,16,20H,7-10H2,1-2H3,(H,21,23)(H,22,27);1H. The molecule has 4 rings (SSSR count). The van der Waals surface area contributed by atoms with Crippen LogP contribution in [0.25, 0.3) is 0 Å². The van der Waals surface area contributed by atoms with E-state index in [0.717, 1.165) is 48.1 Å². The molecule has 0 saturated carbocycles. The van der Waals surface area contributed by atoms with Gasteiger partial charge in [-0.25, -0.2) is 9.67 Å². The SMILES string of the molecule is Cc1csc(Nc2ccc(NC(=O)c3nnn(C4CCNCC4)c3C)cc2)n1.Cl. The quantitative estimate of drug-likeness (QED) is 0.567. The van der Waals surface area contributed by atoms with Crippen molar-refractivity contribution < 1.29 is 4.79 Å². The molecule has 29 heavy (non-hydrogen) atoms. The number of aromatic nitrogens is 4. The van der Waals surface area contributed by atoms with E-state index >= 15 is 0 Å². The van der Waals surface area contributed by atoms with Gasteiger partial charge in [0, 0.05) is 16.8 Å². The van der Waals surface area contributed by atoms with E-state index < -0.39 is 0 Å². The fraction of sp³-hybridized carbons (Fsp3) is 0.368. The molecule has 1 fully saturated rings. The molecule has 1 amide bonds. The van der Waals surface area contributed by atoms with E-state index in [1.54, 1.807) is 11.3 Å². The number of carbonyl (C=O) groups is 1. The molecule has 1 aliphatic rings. The van der Waals surface area contributed by atoms with E-state index in [4.69, 9.17) is 0 Å². The molecule has 0 unspecified atom stereocenters. The van der Waals surface area contributed by atoms with Gasteiger partial charge in [-0.05, 0) is 64.0 Å². The fourth-order valence-corrected chi connectivity index (χ4v) is 4.02. The summed E-state index contributed by atoms with van der Waals surface area (Å²) in [5.74, 6) is -0.242. The van der Waals surface area contributed by atoms with Gasteiger partial charge in [-0.3, -0.25) is 4.79 Å². The van der Waals surface area contributed by atoms with Gasteiger partial charge in [-0.15, -0.1) is 28.8 Å². The second-order valence-electron chi connectivity index (χ2n) is 6.90. The first-order valence-electron chi connectivity index (χ1n) is 9.33. The molecule has 3 heterocycles. The van der Waals surface area contributed by atoms with Crippen molar-refractivity contribution in [2.45, 2.75) is 32.7 Å². The highest BCUT2D eigenvalue weighted by Gasteiger charge is 2.22. The van der Waals surface area contributed by atoms with Crippen LogP contribution in [0.3, 0.4) is 0 Å². The molecular formula is C19H24ClN7OS. The number of hydrogen-bond acceptors (Lipinski definition) is 7. The Balaban J connectivity index is 0.00000240. The number of piperidine rings is 1. The highest BCUT2D eigenvalue weighted by molar-refractivity contribution is 7.13. The minimum atomic E-state index is -0.242. The van der Waals surface area contributed by atoms with Gasteiger partial charge in [0.05, 0.1) is 17.4 Å². The summed E-state index contributed by atoms with van der Waals surface area (Å²) in [4.78, 5) is 17.0. The molecule has 1 aromatic carbocycles. The van der Waals surface area contributed by atoms with Crippen molar-refractivity contribution >= 4 is 46.2 Å². The molecule has 3 N–H and O–H groups in total. The Hall–Kier alpha value is -2.49. The van der Waals surface area contributed by atoms with E-state index in [1.165, 1.54) is 0 Å². The summed E-state index contributed by atoms with van der Waals surface area (Å²) in [6.07, 6.45) is 2.00. The number of thiazole rings is 1. The number of aryl methyl sites for hydroxylation is 1. The average Bonchev–Trinajstić information content (AvgIpc) is 3.29. The van der Waals surface area contributed by atoms with Crippen LogP contribution in [-0.4, -0.2) is 39.0 Å². The van der Waals surface area contributed by atoms with Crippen LogP contribution >= 0.6 is 23.7 Å². The lowest BCUT2D eigenvalue weighted by molar-refractivity contribution is 0.102. The van der Waals surface area contributed by atoms with Gasteiger partial charge in [0.1, 0.15) is 0 Å². The summed E-state index contributed by atoms with van der Waals surface area (Å²) in [6, 6.07) is 7.83. The lowest BCUT2D eigenvalue weighted by Gasteiger charge is -2.23. The second-order valence-corrected chi connectivity index (χ2v) is 7.76. The number of nitrogens with one attached hydrogen (secondary N) is 3. The maximum absolute atomic E-state index is 12.6. The van der Waals surface area contributed by atoms with E-state index in [-0.39, 0.29) is 18.3 Å². The van der Waals surface area contributed by atoms with Crippen molar-refractivity contribution in [3.05, 3.63) is 46.7 Å². The van der Waals surface area contributed by atoms with Crippen LogP contribution in [0.4, 0.5) is 16.5 Å². The zero-order valence-corrected chi connectivity index (χ0v) is 17.9. The van der Waals surface area contributed by atoms with Gasteiger partial charge >= 0.3 is 0 Å². The van der Waals surface area contributed by atoms with Crippen LogP contribution in [0, 0.1) is 13.8 Å². The maximum atomic E-state index is 12.6. The largest absolute Gasteiger partial charge is 0.332 e. The Morgan fingerprint density at radius 2 is 1.86 bits per heavy atom. The Bertz CT molecular complexity index is 963. The van der Waals surface area contributed by atoms with Crippen molar-refractivity contribution in [3.63, 3.8) is 0 Å². The van der Waals surface area contributed by atoms with Gasteiger partial charge in [-0.2, -0.15) is 0 Å². The van der Waals surface area contributed by atoms with Crippen molar-refractivity contribution in [1.29, 1.82) is 0 Å². The summed E-state index contributed by atoms with van der Waals surface area (Å²) < 4.78 is 1.89. The minimum absolute atomic E-state index is 0. The summed E-state index contributed by atoms with van der Waals surface area (Å²) in [7, 11) is 0. The van der Waals surface area contributed by atoms with Crippen molar-refractivity contribution in [2.75, 3.05) is 23.7 Å². The molecule has 0 radical (unpaired) electrons. The van der Waals surface area contributed by atoms with Crippen LogP contribution in [0.1, 0.15) is 40.8 Å². The molecule has 10 heteroatoms. The predicted octanol–water partition coefficient (Wildman–Crippen LogP) is 3.69. The van der Waals surface area contributed by atoms with E-state index in [1.807, 2.05) is 48.2 Å². The van der Waals surface area contributed by atoms with E-state index in [0.29, 0.717) is 17.4 Å². The minimum Gasteiger partial charge on any atom is -0.332 e. The predicted molar refractivity (Wildman–Crippen MR) is 118 cm³/mol. The maximum Gasteiger partial charge on any atom is 0.278 e. The van der Waals surface area contributed by atoms with Gasteiger partial charge < -0.3 is 16.0 Å². The number of anilines is 3. The molecule has 0 atom stereocenters. The zero-order valence-electron chi connectivity index (χ0n) is 16.3. The van der Waals surface area contributed by atoms with Crippen LogP contribution < -0.4 is 16.0 Å². The number of rotatable bonds is 5. The van der Waals surface area contributed by atoms with Gasteiger partial charge in [0.25, 0.3) is 5.91 Å². The third kappa shape index (κ3) is 4.92. The van der Waals surface area contributed by atoms with Crippen LogP contribution in [0.15, 0.2) is 29.6 Å². The molecule has 1 saturated heterocycles. The number of carbonyl (C=O) groups excluding carboxylic acids is 1. The lowest BCUT2D eigenvalue weighted by Crippen LogP contribution is -2.30. The molecular weight excluding hydrogens is 410 g/mol. The highest BCUT2D eigenvalue weighted by Crippen LogP contribution is 2.23. The summed E-state index contributed by atoms with van der Waals surface area (Å²) in [5, 5.41) is 20.7. The molecule has 0 spiro atoms. The summed E-state index contributed by atoms with van der Waals surface area (Å²) >= 11 is 1.56. The van der Waals surface area contributed by atoms with Crippen LogP contribution in [-0.2, 0) is 0 Å². The third-order valence-electron chi connectivity index (χ3n) is 4.81. The van der Waals surface area contributed by atoms with Gasteiger partial charge in [0.2, 0.25) is 0 Å². The fourth-order valence-electron chi connectivity index (χ4n) is 3.31. The first kappa shape index (κ1) is 21.2. The molecule has 0 bridgehead atoms. The first-order valence-corrected chi connectivity index (χ1v) is 10.2. The highest BCUT2D eigenvalue weighted by atomic mass is 35.5. The third-order valence-corrected chi connectivity index (χ3v) is 5.69. The normalized spacial score (nSPS) is 14.3. The summed E-state index contributed by atoms with van der Waals surface area (Å²) in [5.41, 5.74) is 3.80. The van der Waals surface area contributed by atoms with Crippen molar-refractivity contribution in [3.8, 4) is 0 Å². The first-order chi connectivity index (χ1) is 13.6. The molecule has 8 nitrogen and oxygen atoms in total. The number of halogens is 1.